The molecule has 0 saturated carbocycles. The van der Waals surface area contributed by atoms with E-state index in [4.69, 9.17) is 0 Å². The molecule has 0 fully saturated rings. The molecule has 74 heavy (non-hydrogen) atoms. The van der Waals surface area contributed by atoms with Crippen molar-refractivity contribution >= 4 is 21.5 Å². The summed E-state index contributed by atoms with van der Waals surface area (Å²) in [7, 11) is 0. The molecule has 0 saturated heterocycles. The summed E-state index contributed by atoms with van der Waals surface area (Å²) in [6.07, 6.45) is 0. The zero-order valence-corrected chi connectivity index (χ0v) is 41.9. The Morgan fingerprint density at radius 2 is 0.432 bits per heavy atom. The van der Waals surface area contributed by atoms with Gasteiger partial charge in [0.1, 0.15) is 0 Å². The van der Waals surface area contributed by atoms with Gasteiger partial charge in [-0.2, -0.15) is 0 Å². The Morgan fingerprint density at radius 3 is 0.770 bits per heavy atom. The van der Waals surface area contributed by atoms with Crippen LogP contribution in [0.1, 0.15) is 49.9 Å². The van der Waals surface area contributed by atoms with Crippen LogP contribution < -0.4 is 0 Å². The van der Waals surface area contributed by atoms with E-state index in [1.807, 2.05) is 0 Å². The Bertz CT molecular complexity index is 4090. The van der Waals surface area contributed by atoms with Crippen molar-refractivity contribution in [1.82, 2.24) is 0 Å². The van der Waals surface area contributed by atoms with E-state index >= 15 is 0 Å². The van der Waals surface area contributed by atoms with Gasteiger partial charge in [-0.1, -0.05) is 234 Å². The lowest BCUT2D eigenvalue weighted by molar-refractivity contribution is 0.660. The van der Waals surface area contributed by atoms with Crippen molar-refractivity contribution in [3.8, 4) is 122 Å². The average molecular weight is 939 g/mol. The summed E-state index contributed by atoms with van der Waals surface area (Å²) in [4.78, 5) is 0. The molecule has 0 N–H and O–H groups in total. The zero-order chi connectivity index (χ0) is 49.2. The fourth-order valence-electron chi connectivity index (χ4n) is 14.0. The molecular weight excluding hydrogens is 889 g/mol. The zero-order valence-electron chi connectivity index (χ0n) is 41.9. The van der Waals surface area contributed by atoms with Crippen molar-refractivity contribution < 1.29 is 0 Å². The average Bonchev–Trinajstić information content (AvgIpc) is 4.12. The topological polar surface area (TPSA) is 0 Å². The maximum atomic E-state index is 2.47. The molecule has 0 aromatic heterocycles. The molecule has 16 rings (SSSR count). The van der Waals surface area contributed by atoms with Crippen LogP contribution in [0.2, 0.25) is 0 Å². The van der Waals surface area contributed by atoms with Crippen molar-refractivity contribution in [2.75, 3.05) is 0 Å². The van der Waals surface area contributed by atoms with Gasteiger partial charge in [0.25, 0.3) is 0 Å². The third kappa shape index (κ3) is 5.69. The summed E-state index contributed by atoms with van der Waals surface area (Å²) >= 11 is 0. The summed E-state index contributed by atoms with van der Waals surface area (Å²) in [5.41, 5.74) is 33.9. The van der Waals surface area contributed by atoms with E-state index in [-0.39, 0.29) is 10.8 Å². The fraction of sp³-hybridized carbons (Fsp3) is 0.0811. The standard InChI is InChI=1S/C74H50/c1-73(2)67-39-47(43-19-23-45(24-20-43)51-35-37-65-55-13-7-5-11-53(55)63-17-9-15-61(51)71(63)65)27-31-57(67)59-33-29-49(41-69(59)73)50-30-34-60-58-32-28-48(40-68(58)74(3,4)70(60)42-50)44-21-25-46(26-22-44)52-36-38-66-56-14-8-6-12-54(56)64-18-10-16-62(52)72(64)66/h5-42H,1-4H3. The molecule has 4 aliphatic rings. The molecule has 12 aromatic carbocycles. The van der Waals surface area contributed by atoms with Crippen LogP contribution in [0, 0.1) is 0 Å². The Hall–Kier alpha value is -8.84. The first-order chi connectivity index (χ1) is 36.2. The highest BCUT2D eigenvalue weighted by Gasteiger charge is 2.38. The molecule has 0 atom stereocenters. The molecule has 0 spiro atoms. The van der Waals surface area contributed by atoms with Gasteiger partial charge in [-0.05, 0) is 190 Å². The molecule has 0 amide bonds. The highest BCUT2D eigenvalue weighted by atomic mass is 14.4. The summed E-state index contributed by atoms with van der Waals surface area (Å²) in [5.74, 6) is 0. The molecule has 0 heterocycles. The maximum absolute atomic E-state index is 2.47. The molecule has 0 heteroatoms. The Labute approximate surface area is 432 Å². The van der Waals surface area contributed by atoms with Crippen LogP contribution in [-0.4, -0.2) is 0 Å². The van der Waals surface area contributed by atoms with Gasteiger partial charge in [-0.25, -0.2) is 0 Å². The summed E-state index contributed by atoms with van der Waals surface area (Å²) in [6, 6.07) is 87.6. The van der Waals surface area contributed by atoms with Gasteiger partial charge in [0.05, 0.1) is 0 Å². The van der Waals surface area contributed by atoms with Crippen molar-refractivity contribution in [2.45, 2.75) is 38.5 Å². The van der Waals surface area contributed by atoms with Crippen LogP contribution in [-0.2, 0) is 10.8 Å². The van der Waals surface area contributed by atoms with Crippen molar-refractivity contribution in [3.05, 3.63) is 253 Å². The van der Waals surface area contributed by atoms with E-state index in [1.165, 1.54) is 166 Å². The minimum absolute atomic E-state index is 0.151. The van der Waals surface area contributed by atoms with Gasteiger partial charge in [0.2, 0.25) is 0 Å². The fourth-order valence-corrected chi connectivity index (χ4v) is 14.0. The van der Waals surface area contributed by atoms with E-state index < -0.39 is 0 Å². The van der Waals surface area contributed by atoms with Crippen LogP contribution in [0.15, 0.2) is 231 Å². The molecule has 0 radical (unpaired) electrons. The van der Waals surface area contributed by atoms with Crippen molar-refractivity contribution in [2.24, 2.45) is 0 Å². The number of hydrogen-bond acceptors (Lipinski definition) is 0. The third-order valence-electron chi connectivity index (χ3n) is 17.8. The number of rotatable bonds is 5. The van der Waals surface area contributed by atoms with E-state index in [9.17, 15) is 0 Å². The molecule has 12 aromatic rings. The lowest BCUT2D eigenvalue weighted by Crippen LogP contribution is -2.15. The van der Waals surface area contributed by atoms with E-state index in [1.54, 1.807) is 0 Å². The predicted octanol–water partition coefficient (Wildman–Crippen LogP) is 20.2. The van der Waals surface area contributed by atoms with Gasteiger partial charge in [-0.3, -0.25) is 0 Å². The highest BCUT2D eigenvalue weighted by Crippen LogP contribution is 2.55. The van der Waals surface area contributed by atoms with Gasteiger partial charge in [0, 0.05) is 10.8 Å². The highest BCUT2D eigenvalue weighted by molar-refractivity contribution is 6.20. The Kier molecular flexibility index (Phi) is 8.39. The maximum Gasteiger partial charge on any atom is 0.0159 e. The van der Waals surface area contributed by atoms with Gasteiger partial charge < -0.3 is 0 Å². The van der Waals surface area contributed by atoms with E-state index in [2.05, 4.69) is 258 Å². The van der Waals surface area contributed by atoms with E-state index in [0.29, 0.717) is 0 Å². The first-order valence-corrected chi connectivity index (χ1v) is 26.3. The number of benzene rings is 12. The quantitative estimate of drug-likeness (QED) is 0.161. The van der Waals surface area contributed by atoms with Gasteiger partial charge in [-0.15, -0.1) is 0 Å². The molecule has 0 bridgehead atoms. The van der Waals surface area contributed by atoms with E-state index in [0.717, 1.165) is 0 Å². The largest absolute Gasteiger partial charge is 0.0616 e. The minimum Gasteiger partial charge on any atom is -0.0616 e. The first-order valence-electron chi connectivity index (χ1n) is 26.3. The molecule has 0 aliphatic heterocycles. The smallest absolute Gasteiger partial charge is 0.0159 e. The van der Waals surface area contributed by atoms with Gasteiger partial charge in [0.15, 0.2) is 0 Å². The summed E-state index contributed by atoms with van der Waals surface area (Å²) in [6.45, 7) is 9.62. The normalized spacial score (nSPS) is 14.2. The lowest BCUT2D eigenvalue weighted by Gasteiger charge is -2.24. The lowest BCUT2D eigenvalue weighted by atomic mass is 9.79. The second-order valence-electron chi connectivity index (χ2n) is 22.3. The van der Waals surface area contributed by atoms with Crippen LogP contribution >= 0.6 is 0 Å². The van der Waals surface area contributed by atoms with Gasteiger partial charge >= 0.3 is 0 Å². The predicted molar refractivity (Wildman–Crippen MR) is 313 cm³/mol. The minimum atomic E-state index is -0.151. The monoisotopic (exact) mass is 938 g/mol. The molecular formula is C74H50. The molecule has 0 nitrogen and oxygen atoms in total. The number of hydrogen-bond donors (Lipinski definition) is 0. The van der Waals surface area contributed by atoms with Crippen molar-refractivity contribution in [3.63, 3.8) is 0 Å². The second-order valence-corrected chi connectivity index (χ2v) is 22.3. The van der Waals surface area contributed by atoms with Crippen LogP contribution in [0.3, 0.4) is 0 Å². The van der Waals surface area contributed by atoms with Crippen molar-refractivity contribution in [1.29, 1.82) is 0 Å². The SMILES string of the molecule is CC1(C)c2cc(-c3ccc(-c4ccc5c6c(cccc46)-c4ccccc4-5)cc3)ccc2-c2ccc(-c3ccc4c(c3)C(C)(C)c3cc(-c5ccc(-c6ccc7c8c(cccc68)-c6ccccc6-7)cc5)ccc3-4)cc21. The summed E-state index contributed by atoms with van der Waals surface area (Å²) < 4.78 is 0. The molecule has 0 unspecified atom stereocenters. The third-order valence-corrected chi connectivity index (χ3v) is 17.8. The molecule has 4 aliphatic carbocycles. The Balaban J connectivity index is 0.670. The second kappa shape index (κ2) is 14.9. The summed E-state index contributed by atoms with van der Waals surface area (Å²) in [5, 5.41) is 5.37. The van der Waals surface area contributed by atoms with Crippen LogP contribution in [0.4, 0.5) is 0 Å². The first kappa shape index (κ1) is 41.7. The molecule has 346 valence electrons. The Morgan fingerprint density at radius 1 is 0.189 bits per heavy atom. The van der Waals surface area contributed by atoms with Crippen LogP contribution in [0.25, 0.3) is 144 Å². The van der Waals surface area contributed by atoms with Crippen LogP contribution in [0.5, 0.6) is 0 Å². The number of fused-ring (bicyclic) bond motifs is 12.